The molecule has 0 aliphatic heterocycles. The third kappa shape index (κ3) is 7.88. The minimum Gasteiger partial charge on any atom is -0.497 e. The molecule has 0 amide bonds. The highest BCUT2D eigenvalue weighted by atomic mass is 16.5. The van der Waals surface area contributed by atoms with Crippen molar-refractivity contribution in [3.8, 4) is 5.75 Å². The molecule has 1 rings (SSSR count). The zero-order chi connectivity index (χ0) is 17.2. The Morgan fingerprint density at radius 1 is 1.30 bits per heavy atom. The van der Waals surface area contributed by atoms with Crippen LogP contribution < -0.4 is 15.8 Å². The van der Waals surface area contributed by atoms with Crippen LogP contribution in [0.15, 0.2) is 29.3 Å². The van der Waals surface area contributed by atoms with Gasteiger partial charge in [0.05, 0.1) is 19.8 Å². The van der Waals surface area contributed by atoms with Gasteiger partial charge in [-0.05, 0) is 37.0 Å². The first kappa shape index (κ1) is 19.3. The predicted octanol–water partition coefficient (Wildman–Crippen LogP) is 2.85. The van der Waals surface area contributed by atoms with Gasteiger partial charge in [0.25, 0.3) is 0 Å². The lowest BCUT2D eigenvalue weighted by Crippen LogP contribution is -2.38. The number of aliphatic imine (C=N–C) groups is 1. The third-order valence-electron chi connectivity index (χ3n) is 3.73. The molecular formula is C18H31N3O2. The van der Waals surface area contributed by atoms with Crippen LogP contribution in [0, 0.1) is 5.92 Å². The molecule has 5 nitrogen and oxygen atoms in total. The van der Waals surface area contributed by atoms with Gasteiger partial charge in [-0.2, -0.15) is 0 Å². The van der Waals surface area contributed by atoms with Crippen LogP contribution in [0.3, 0.4) is 0 Å². The number of methoxy groups -OCH3 is 1. The van der Waals surface area contributed by atoms with Gasteiger partial charge in [-0.1, -0.05) is 38.8 Å². The Balaban J connectivity index is 2.42. The third-order valence-corrected chi connectivity index (χ3v) is 3.73. The number of guanidine groups is 1. The molecule has 130 valence electrons. The van der Waals surface area contributed by atoms with E-state index in [1.54, 1.807) is 13.2 Å². The van der Waals surface area contributed by atoms with Crippen molar-refractivity contribution in [3.05, 3.63) is 29.8 Å². The van der Waals surface area contributed by atoms with E-state index in [-0.39, 0.29) is 12.6 Å². The zero-order valence-electron chi connectivity index (χ0n) is 14.7. The van der Waals surface area contributed by atoms with E-state index in [9.17, 15) is 5.11 Å². The largest absolute Gasteiger partial charge is 0.497 e. The molecular weight excluding hydrogens is 290 g/mol. The van der Waals surface area contributed by atoms with Crippen LogP contribution in [0.1, 0.15) is 51.7 Å². The molecule has 4 N–H and O–H groups in total. The van der Waals surface area contributed by atoms with E-state index in [1.807, 2.05) is 18.2 Å². The Labute approximate surface area is 140 Å². The van der Waals surface area contributed by atoms with Gasteiger partial charge in [-0.25, -0.2) is 0 Å². The van der Waals surface area contributed by atoms with E-state index in [0.29, 0.717) is 5.96 Å². The molecule has 0 aliphatic rings. The lowest BCUT2D eigenvalue weighted by atomic mass is 10.0. The van der Waals surface area contributed by atoms with Crippen molar-refractivity contribution in [3.63, 3.8) is 0 Å². The highest BCUT2D eigenvalue weighted by Gasteiger charge is 2.09. The zero-order valence-corrected chi connectivity index (χ0v) is 14.7. The van der Waals surface area contributed by atoms with E-state index in [1.165, 1.54) is 12.8 Å². The molecule has 0 aromatic heterocycles. The highest BCUT2D eigenvalue weighted by Crippen LogP contribution is 2.19. The second-order valence-electron chi connectivity index (χ2n) is 6.39. The second kappa shape index (κ2) is 10.1. The molecule has 5 heteroatoms. The summed E-state index contributed by atoms with van der Waals surface area (Å²) in [5.41, 5.74) is 6.66. The number of nitrogens with zero attached hydrogens (tertiary/aromatic N) is 1. The highest BCUT2D eigenvalue weighted by molar-refractivity contribution is 5.78. The molecule has 0 saturated carbocycles. The van der Waals surface area contributed by atoms with Gasteiger partial charge in [0.2, 0.25) is 0 Å². The fourth-order valence-corrected chi connectivity index (χ4v) is 2.34. The van der Waals surface area contributed by atoms with Crippen molar-refractivity contribution < 1.29 is 9.84 Å². The average Bonchev–Trinajstić information content (AvgIpc) is 2.52. The van der Waals surface area contributed by atoms with Crippen LogP contribution in [-0.2, 0) is 0 Å². The van der Waals surface area contributed by atoms with E-state index in [4.69, 9.17) is 10.5 Å². The van der Waals surface area contributed by atoms with Crippen LogP contribution >= 0.6 is 0 Å². The molecule has 2 unspecified atom stereocenters. The maximum Gasteiger partial charge on any atom is 0.188 e. The summed E-state index contributed by atoms with van der Waals surface area (Å²) in [5, 5.41) is 13.4. The van der Waals surface area contributed by atoms with Gasteiger partial charge in [-0.15, -0.1) is 0 Å². The van der Waals surface area contributed by atoms with Crippen LogP contribution in [0.25, 0.3) is 0 Å². The normalized spacial score (nSPS) is 14.6. The number of hydrogen-bond donors (Lipinski definition) is 3. The van der Waals surface area contributed by atoms with Crippen molar-refractivity contribution in [2.75, 3.05) is 13.7 Å². The van der Waals surface area contributed by atoms with E-state index < -0.39 is 6.10 Å². The Morgan fingerprint density at radius 3 is 2.70 bits per heavy atom. The first-order valence-corrected chi connectivity index (χ1v) is 8.30. The predicted molar refractivity (Wildman–Crippen MR) is 95.7 cm³/mol. The van der Waals surface area contributed by atoms with Crippen molar-refractivity contribution in [2.45, 2.75) is 52.2 Å². The van der Waals surface area contributed by atoms with E-state index >= 15 is 0 Å². The number of benzene rings is 1. The number of aliphatic hydroxyl groups excluding tert-OH is 1. The summed E-state index contributed by atoms with van der Waals surface area (Å²) in [6.07, 6.45) is 2.76. The van der Waals surface area contributed by atoms with Crippen molar-refractivity contribution in [2.24, 2.45) is 16.6 Å². The van der Waals surface area contributed by atoms with E-state index in [2.05, 4.69) is 31.1 Å². The molecule has 0 fully saturated rings. The van der Waals surface area contributed by atoms with Crippen molar-refractivity contribution in [1.29, 1.82) is 0 Å². The first-order valence-electron chi connectivity index (χ1n) is 8.30. The van der Waals surface area contributed by atoms with Gasteiger partial charge in [-0.3, -0.25) is 4.99 Å². The number of aliphatic hydroxyl groups is 1. The molecule has 0 saturated heterocycles. The molecule has 0 aliphatic carbocycles. The molecule has 0 spiro atoms. The summed E-state index contributed by atoms with van der Waals surface area (Å²) in [6.45, 7) is 6.79. The molecule has 0 heterocycles. The van der Waals surface area contributed by atoms with Gasteiger partial charge < -0.3 is 20.9 Å². The molecule has 0 bridgehead atoms. The van der Waals surface area contributed by atoms with Gasteiger partial charge in [0.1, 0.15) is 5.75 Å². The standard InChI is InChI=1S/C18H31N3O2/c1-13(2)7-5-8-14(3)21-18(19)20-12-17(22)15-9-6-10-16(11-15)23-4/h6,9-11,13-14,17,22H,5,7-8,12H2,1-4H3,(H3,19,20,21). The van der Waals surface area contributed by atoms with Gasteiger partial charge >= 0.3 is 0 Å². The summed E-state index contributed by atoms with van der Waals surface area (Å²) in [7, 11) is 1.60. The molecule has 0 radical (unpaired) electrons. The monoisotopic (exact) mass is 321 g/mol. The minimum absolute atomic E-state index is 0.227. The fourth-order valence-electron chi connectivity index (χ4n) is 2.34. The molecule has 1 aromatic carbocycles. The van der Waals surface area contributed by atoms with Gasteiger partial charge in [0, 0.05) is 6.04 Å². The Morgan fingerprint density at radius 2 is 2.04 bits per heavy atom. The molecule has 23 heavy (non-hydrogen) atoms. The quantitative estimate of drug-likeness (QED) is 0.482. The summed E-state index contributed by atoms with van der Waals surface area (Å²) in [4.78, 5) is 4.23. The molecule has 1 aromatic rings. The Bertz CT molecular complexity index is 489. The number of nitrogens with one attached hydrogen (secondary N) is 1. The van der Waals surface area contributed by atoms with Crippen molar-refractivity contribution >= 4 is 5.96 Å². The topological polar surface area (TPSA) is 79.9 Å². The van der Waals surface area contributed by atoms with Crippen LogP contribution in [-0.4, -0.2) is 30.8 Å². The summed E-state index contributed by atoms with van der Waals surface area (Å²) in [5.74, 6) is 1.82. The van der Waals surface area contributed by atoms with Crippen LogP contribution in [0.5, 0.6) is 5.75 Å². The smallest absolute Gasteiger partial charge is 0.188 e. The maximum absolute atomic E-state index is 10.2. The lowest BCUT2D eigenvalue weighted by molar-refractivity contribution is 0.186. The molecule has 2 atom stereocenters. The second-order valence-corrected chi connectivity index (χ2v) is 6.39. The summed E-state index contributed by atoms with van der Waals surface area (Å²) >= 11 is 0. The van der Waals surface area contributed by atoms with Crippen LogP contribution in [0.4, 0.5) is 0 Å². The number of hydrogen-bond acceptors (Lipinski definition) is 3. The Kier molecular flexibility index (Phi) is 8.48. The van der Waals surface area contributed by atoms with Gasteiger partial charge in [0.15, 0.2) is 5.96 Å². The lowest BCUT2D eigenvalue weighted by Gasteiger charge is -2.16. The SMILES string of the molecule is COc1cccc(C(O)CN=C(N)NC(C)CCCC(C)C)c1. The van der Waals surface area contributed by atoms with Crippen molar-refractivity contribution in [1.82, 2.24) is 5.32 Å². The summed E-state index contributed by atoms with van der Waals surface area (Å²) in [6, 6.07) is 7.62. The minimum atomic E-state index is -0.693. The number of ether oxygens (including phenoxy) is 1. The van der Waals surface area contributed by atoms with Crippen LogP contribution in [0.2, 0.25) is 0 Å². The average molecular weight is 321 g/mol. The number of nitrogens with two attached hydrogens (primary N) is 1. The summed E-state index contributed by atoms with van der Waals surface area (Å²) < 4.78 is 5.15. The number of rotatable bonds is 9. The Hall–Kier alpha value is -1.75. The fraction of sp³-hybridized carbons (Fsp3) is 0.611. The van der Waals surface area contributed by atoms with E-state index in [0.717, 1.165) is 23.7 Å². The maximum atomic E-state index is 10.2. The first-order chi connectivity index (χ1) is 10.9.